The Balaban J connectivity index is 1.55. The van der Waals surface area contributed by atoms with Crippen LogP contribution in [0, 0.1) is 0 Å². The highest BCUT2D eigenvalue weighted by atomic mass is 16.5. The Morgan fingerprint density at radius 1 is 1.06 bits per heavy atom. The van der Waals surface area contributed by atoms with Crippen molar-refractivity contribution in [2.75, 3.05) is 70.9 Å². The number of carbonyl (C=O) groups excluding carboxylic acids is 2. The van der Waals surface area contributed by atoms with E-state index in [0.29, 0.717) is 35.0 Å². The molecule has 9 nitrogen and oxygen atoms in total. The van der Waals surface area contributed by atoms with Crippen LogP contribution in [-0.4, -0.2) is 77.5 Å². The topological polar surface area (TPSA) is 92.4 Å². The standard InChI is InChI=1S/C24H32N4O5/c1-27(24(30)26-18-5-8-20(31-2)9-6-18)19-7-10-21(22(17-19)32-3)23(29)25-11-4-12-28-13-15-33-16-14-28/h5-10,17H,4,11-16H2,1-3H3,(H,25,29)(H,26,30). The van der Waals surface area contributed by atoms with Crippen LogP contribution in [0.5, 0.6) is 11.5 Å². The third-order valence-corrected chi connectivity index (χ3v) is 5.50. The fraction of sp³-hybridized carbons (Fsp3) is 0.417. The van der Waals surface area contributed by atoms with Gasteiger partial charge >= 0.3 is 6.03 Å². The molecule has 1 aliphatic heterocycles. The first-order valence-corrected chi connectivity index (χ1v) is 11.0. The second-order valence-corrected chi connectivity index (χ2v) is 7.67. The number of benzene rings is 2. The van der Waals surface area contributed by atoms with Gasteiger partial charge in [-0.05, 0) is 49.4 Å². The lowest BCUT2D eigenvalue weighted by molar-refractivity contribution is 0.0374. The van der Waals surface area contributed by atoms with Gasteiger partial charge in [0.15, 0.2) is 0 Å². The van der Waals surface area contributed by atoms with Crippen LogP contribution in [0.25, 0.3) is 0 Å². The van der Waals surface area contributed by atoms with E-state index in [9.17, 15) is 9.59 Å². The van der Waals surface area contributed by atoms with Crippen LogP contribution < -0.4 is 25.0 Å². The normalized spacial score (nSPS) is 13.8. The smallest absolute Gasteiger partial charge is 0.326 e. The molecule has 0 atom stereocenters. The molecule has 0 aliphatic carbocycles. The first-order valence-electron chi connectivity index (χ1n) is 11.0. The zero-order valence-corrected chi connectivity index (χ0v) is 19.4. The summed E-state index contributed by atoms with van der Waals surface area (Å²) in [7, 11) is 4.74. The molecule has 0 saturated carbocycles. The van der Waals surface area contributed by atoms with Crippen LogP contribution in [0.2, 0.25) is 0 Å². The minimum absolute atomic E-state index is 0.203. The molecule has 0 unspecified atom stereocenters. The molecular formula is C24H32N4O5. The third-order valence-electron chi connectivity index (χ3n) is 5.50. The Morgan fingerprint density at radius 2 is 1.79 bits per heavy atom. The Labute approximate surface area is 194 Å². The Hall–Kier alpha value is -3.30. The number of methoxy groups -OCH3 is 2. The Morgan fingerprint density at radius 3 is 2.45 bits per heavy atom. The summed E-state index contributed by atoms with van der Waals surface area (Å²) >= 11 is 0. The van der Waals surface area contributed by atoms with Gasteiger partial charge in [-0.1, -0.05) is 0 Å². The molecule has 1 heterocycles. The molecule has 0 bridgehead atoms. The van der Waals surface area contributed by atoms with Gasteiger partial charge in [-0.3, -0.25) is 14.6 Å². The average Bonchev–Trinajstić information content (AvgIpc) is 2.86. The summed E-state index contributed by atoms with van der Waals surface area (Å²) in [4.78, 5) is 29.1. The van der Waals surface area contributed by atoms with E-state index in [4.69, 9.17) is 14.2 Å². The van der Waals surface area contributed by atoms with E-state index in [1.165, 1.54) is 12.0 Å². The first kappa shape index (κ1) is 24.3. The summed E-state index contributed by atoms with van der Waals surface area (Å²) in [5.41, 5.74) is 1.67. The zero-order valence-electron chi connectivity index (χ0n) is 19.4. The van der Waals surface area contributed by atoms with Crippen molar-refractivity contribution in [3.63, 3.8) is 0 Å². The highest BCUT2D eigenvalue weighted by molar-refractivity contribution is 6.02. The van der Waals surface area contributed by atoms with Gasteiger partial charge in [0.05, 0.1) is 33.0 Å². The van der Waals surface area contributed by atoms with Crippen molar-refractivity contribution in [2.24, 2.45) is 0 Å². The van der Waals surface area contributed by atoms with E-state index in [0.717, 1.165) is 39.3 Å². The molecule has 1 saturated heterocycles. The number of hydrogen-bond donors (Lipinski definition) is 2. The second-order valence-electron chi connectivity index (χ2n) is 7.67. The fourth-order valence-electron chi connectivity index (χ4n) is 3.50. The number of nitrogens with one attached hydrogen (secondary N) is 2. The van der Waals surface area contributed by atoms with Crippen LogP contribution in [-0.2, 0) is 4.74 Å². The van der Waals surface area contributed by atoms with E-state index in [-0.39, 0.29) is 11.9 Å². The molecular weight excluding hydrogens is 424 g/mol. The van der Waals surface area contributed by atoms with Gasteiger partial charge in [0.25, 0.3) is 5.91 Å². The second kappa shape index (κ2) is 12.1. The molecule has 9 heteroatoms. The summed E-state index contributed by atoms with van der Waals surface area (Å²) in [5, 5.41) is 5.77. The maximum atomic E-state index is 12.7. The Kier molecular flexibility index (Phi) is 8.91. The molecule has 178 valence electrons. The molecule has 0 radical (unpaired) electrons. The largest absolute Gasteiger partial charge is 0.497 e. The fourth-order valence-corrected chi connectivity index (χ4v) is 3.50. The number of rotatable bonds is 9. The van der Waals surface area contributed by atoms with Crippen molar-refractivity contribution in [1.29, 1.82) is 0 Å². The van der Waals surface area contributed by atoms with E-state index in [1.807, 2.05) is 0 Å². The maximum Gasteiger partial charge on any atom is 0.326 e. The molecule has 0 spiro atoms. The summed E-state index contributed by atoms with van der Waals surface area (Å²) < 4.78 is 15.9. The lowest BCUT2D eigenvalue weighted by Gasteiger charge is -2.26. The molecule has 0 aromatic heterocycles. The predicted molar refractivity (Wildman–Crippen MR) is 128 cm³/mol. The van der Waals surface area contributed by atoms with Crippen molar-refractivity contribution in [1.82, 2.24) is 10.2 Å². The summed E-state index contributed by atoms with van der Waals surface area (Å²) in [6, 6.07) is 11.8. The molecule has 33 heavy (non-hydrogen) atoms. The monoisotopic (exact) mass is 456 g/mol. The number of anilines is 2. The number of nitrogens with zero attached hydrogens (tertiary/aromatic N) is 2. The molecule has 3 rings (SSSR count). The lowest BCUT2D eigenvalue weighted by Crippen LogP contribution is -2.38. The lowest BCUT2D eigenvalue weighted by atomic mass is 10.1. The number of hydrogen-bond acceptors (Lipinski definition) is 6. The maximum absolute atomic E-state index is 12.7. The van der Waals surface area contributed by atoms with E-state index in [2.05, 4.69) is 15.5 Å². The van der Waals surface area contributed by atoms with Crippen molar-refractivity contribution in [3.8, 4) is 11.5 Å². The highest BCUT2D eigenvalue weighted by Crippen LogP contribution is 2.26. The van der Waals surface area contributed by atoms with Gasteiger partial charge in [-0.2, -0.15) is 0 Å². The molecule has 1 aliphatic rings. The minimum Gasteiger partial charge on any atom is -0.497 e. The van der Waals surface area contributed by atoms with Crippen molar-refractivity contribution >= 4 is 23.3 Å². The van der Waals surface area contributed by atoms with Gasteiger partial charge in [0, 0.05) is 44.1 Å². The number of morpholine rings is 1. The van der Waals surface area contributed by atoms with Crippen molar-refractivity contribution < 1.29 is 23.8 Å². The molecule has 2 aromatic carbocycles. The molecule has 1 fully saturated rings. The van der Waals surface area contributed by atoms with Crippen LogP contribution >= 0.6 is 0 Å². The van der Waals surface area contributed by atoms with Gasteiger partial charge in [-0.15, -0.1) is 0 Å². The minimum atomic E-state index is -0.317. The number of ether oxygens (including phenoxy) is 3. The number of carbonyl (C=O) groups is 2. The van der Waals surface area contributed by atoms with Gasteiger partial charge in [0.1, 0.15) is 11.5 Å². The van der Waals surface area contributed by atoms with Gasteiger partial charge in [-0.25, -0.2) is 4.79 Å². The number of amides is 3. The highest BCUT2D eigenvalue weighted by Gasteiger charge is 2.17. The van der Waals surface area contributed by atoms with Gasteiger partial charge in [0.2, 0.25) is 0 Å². The van der Waals surface area contributed by atoms with Crippen molar-refractivity contribution in [3.05, 3.63) is 48.0 Å². The van der Waals surface area contributed by atoms with E-state index in [1.54, 1.807) is 56.6 Å². The quantitative estimate of drug-likeness (QED) is 0.564. The first-order chi connectivity index (χ1) is 16.0. The zero-order chi connectivity index (χ0) is 23.6. The van der Waals surface area contributed by atoms with E-state index >= 15 is 0 Å². The van der Waals surface area contributed by atoms with Gasteiger partial charge < -0.3 is 24.8 Å². The van der Waals surface area contributed by atoms with Crippen LogP contribution in [0.15, 0.2) is 42.5 Å². The summed E-state index contributed by atoms with van der Waals surface area (Å²) in [6.07, 6.45) is 0.862. The summed E-state index contributed by atoms with van der Waals surface area (Å²) in [5.74, 6) is 0.911. The van der Waals surface area contributed by atoms with Crippen LogP contribution in [0.1, 0.15) is 16.8 Å². The SMILES string of the molecule is COc1ccc(NC(=O)N(C)c2ccc(C(=O)NCCCN3CCOCC3)c(OC)c2)cc1. The molecule has 2 aromatic rings. The van der Waals surface area contributed by atoms with E-state index < -0.39 is 0 Å². The van der Waals surface area contributed by atoms with Crippen LogP contribution in [0.3, 0.4) is 0 Å². The number of urea groups is 1. The molecule has 3 amide bonds. The average molecular weight is 457 g/mol. The Bertz CT molecular complexity index is 929. The third kappa shape index (κ3) is 6.84. The molecule has 2 N–H and O–H groups in total. The summed E-state index contributed by atoms with van der Waals surface area (Å²) in [6.45, 7) is 4.90. The predicted octanol–water partition coefficient (Wildman–Crippen LogP) is 2.82. The van der Waals surface area contributed by atoms with Crippen molar-refractivity contribution in [2.45, 2.75) is 6.42 Å². The van der Waals surface area contributed by atoms with Crippen LogP contribution in [0.4, 0.5) is 16.2 Å².